The summed E-state index contributed by atoms with van der Waals surface area (Å²) in [4.78, 5) is 0. The Morgan fingerprint density at radius 3 is 1.13 bits per heavy atom. The van der Waals surface area contributed by atoms with Gasteiger partial charge in [0.1, 0.15) is 11.2 Å². The van der Waals surface area contributed by atoms with Gasteiger partial charge in [-0.2, -0.15) is 0 Å². The highest BCUT2D eigenvalue weighted by Crippen LogP contribution is 2.40. The maximum atomic E-state index is 6.40. The van der Waals surface area contributed by atoms with Gasteiger partial charge in [-0.1, -0.05) is 231 Å². The van der Waals surface area contributed by atoms with Crippen LogP contribution in [-0.2, 0) is 0 Å². The molecular weight excluding hydrogens is 749 g/mol. The lowest BCUT2D eigenvalue weighted by molar-refractivity contribution is 0.670. The zero-order chi connectivity index (χ0) is 41.2. The van der Waals surface area contributed by atoms with Crippen LogP contribution in [0, 0.1) is 0 Å². The molecule has 11 aromatic rings. The third kappa shape index (κ3) is 7.21. The first-order valence-electron chi connectivity index (χ1n) is 21.3. The van der Waals surface area contributed by atoms with E-state index in [9.17, 15) is 0 Å². The SMILES string of the molecule is c1ccc(-c2cccc(-c3cccc(C(c4cccc(-c5ccc(-c6cccc7c6oc6ccccc67)cc5)c4)c4cccc(-c5cccc(-c6ccccc6)c5)c4)c3)c2)cc1. The lowest BCUT2D eigenvalue weighted by atomic mass is 9.82. The summed E-state index contributed by atoms with van der Waals surface area (Å²) in [5.74, 6) is -0.0191. The Balaban J connectivity index is 0.994. The second-order valence-corrected chi connectivity index (χ2v) is 16.1. The molecular formula is C61H42O. The molecule has 0 fully saturated rings. The molecule has 0 spiro atoms. The van der Waals surface area contributed by atoms with Gasteiger partial charge >= 0.3 is 0 Å². The predicted molar refractivity (Wildman–Crippen MR) is 260 cm³/mol. The van der Waals surface area contributed by atoms with Gasteiger partial charge in [0, 0.05) is 22.3 Å². The Bertz CT molecular complexity index is 3210. The number of hydrogen-bond acceptors (Lipinski definition) is 1. The molecule has 10 aromatic carbocycles. The van der Waals surface area contributed by atoms with Crippen molar-refractivity contribution in [2.24, 2.45) is 0 Å². The summed E-state index contributed by atoms with van der Waals surface area (Å²) in [7, 11) is 0. The number of benzene rings is 10. The molecule has 0 unspecified atom stereocenters. The molecule has 292 valence electrons. The van der Waals surface area contributed by atoms with Gasteiger partial charge in [0.15, 0.2) is 0 Å². The molecule has 0 N–H and O–H groups in total. The zero-order valence-electron chi connectivity index (χ0n) is 34.2. The molecule has 0 aliphatic carbocycles. The van der Waals surface area contributed by atoms with E-state index in [-0.39, 0.29) is 5.92 Å². The highest BCUT2D eigenvalue weighted by Gasteiger charge is 2.20. The van der Waals surface area contributed by atoms with Crippen LogP contribution >= 0.6 is 0 Å². The van der Waals surface area contributed by atoms with Crippen LogP contribution in [0.15, 0.2) is 253 Å². The molecule has 1 heteroatoms. The molecule has 1 aromatic heterocycles. The minimum absolute atomic E-state index is 0.0191. The summed E-state index contributed by atoms with van der Waals surface area (Å²) in [5, 5.41) is 2.28. The first kappa shape index (κ1) is 37.0. The Hall–Kier alpha value is -8.00. The average Bonchev–Trinajstić information content (AvgIpc) is 3.74. The second-order valence-electron chi connectivity index (χ2n) is 16.1. The summed E-state index contributed by atoms with van der Waals surface area (Å²) in [6, 6.07) is 90.0. The standard InChI is InChI=1S/C61H42O/c1-3-15-42(16-4-1)46-19-9-22-49(37-46)51-24-12-27-54(40-51)60(55-28-13-25-52(41-55)50-23-10-20-47(38-50)43-17-5-2-6-18-43)53-26-11-21-48(39-53)44-33-35-45(36-34-44)56-30-14-31-58-57-29-7-8-32-59(57)62-61(56)58/h1-41,60H. The van der Waals surface area contributed by atoms with Crippen molar-refractivity contribution in [3.63, 3.8) is 0 Å². The Labute approximate surface area is 362 Å². The van der Waals surface area contributed by atoms with E-state index < -0.39 is 0 Å². The smallest absolute Gasteiger partial charge is 0.143 e. The van der Waals surface area contributed by atoms with Crippen molar-refractivity contribution in [2.45, 2.75) is 5.92 Å². The summed E-state index contributed by atoms with van der Waals surface area (Å²) in [6.07, 6.45) is 0. The first-order chi connectivity index (χ1) is 30.7. The van der Waals surface area contributed by atoms with Crippen molar-refractivity contribution >= 4 is 21.9 Å². The van der Waals surface area contributed by atoms with Crippen molar-refractivity contribution in [1.29, 1.82) is 0 Å². The van der Waals surface area contributed by atoms with Gasteiger partial charge in [-0.25, -0.2) is 0 Å². The largest absolute Gasteiger partial charge is 0.455 e. The second kappa shape index (κ2) is 16.2. The minimum atomic E-state index is -0.0191. The van der Waals surface area contributed by atoms with Gasteiger partial charge in [-0.3, -0.25) is 0 Å². The van der Waals surface area contributed by atoms with Crippen LogP contribution in [0.25, 0.3) is 88.7 Å². The molecule has 0 atom stereocenters. The van der Waals surface area contributed by atoms with Crippen molar-refractivity contribution in [2.75, 3.05) is 0 Å². The molecule has 0 amide bonds. The van der Waals surface area contributed by atoms with Crippen molar-refractivity contribution in [1.82, 2.24) is 0 Å². The molecule has 1 heterocycles. The number of fused-ring (bicyclic) bond motifs is 3. The van der Waals surface area contributed by atoms with Gasteiger partial charge in [-0.15, -0.1) is 0 Å². The average molecular weight is 791 g/mol. The molecule has 0 aliphatic heterocycles. The van der Waals surface area contributed by atoms with E-state index in [1.807, 2.05) is 12.1 Å². The fraction of sp³-hybridized carbons (Fsp3) is 0.0164. The van der Waals surface area contributed by atoms with Gasteiger partial charge in [0.05, 0.1) is 0 Å². The maximum Gasteiger partial charge on any atom is 0.143 e. The topological polar surface area (TPSA) is 13.1 Å². The Morgan fingerprint density at radius 1 is 0.242 bits per heavy atom. The van der Waals surface area contributed by atoms with E-state index in [1.165, 1.54) is 72.3 Å². The van der Waals surface area contributed by atoms with E-state index >= 15 is 0 Å². The number of rotatable bonds is 9. The fourth-order valence-corrected chi connectivity index (χ4v) is 9.11. The van der Waals surface area contributed by atoms with E-state index in [0.29, 0.717) is 0 Å². The van der Waals surface area contributed by atoms with E-state index in [0.717, 1.165) is 33.1 Å². The summed E-state index contributed by atoms with van der Waals surface area (Å²) >= 11 is 0. The number of furan rings is 1. The van der Waals surface area contributed by atoms with E-state index in [1.54, 1.807) is 0 Å². The number of para-hydroxylation sites is 2. The fourth-order valence-electron chi connectivity index (χ4n) is 9.11. The van der Waals surface area contributed by atoms with Crippen molar-refractivity contribution < 1.29 is 4.42 Å². The molecule has 0 saturated heterocycles. The normalized spacial score (nSPS) is 11.4. The van der Waals surface area contributed by atoms with Gasteiger partial charge in [0.25, 0.3) is 0 Å². The molecule has 0 aliphatic rings. The lowest BCUT2D eigenvalue weighted by Gasteiger charge is -2.22. The molecule has 0 saturated carbocycles. The van der Waals surface area contributed by atoms with Crippen LogP contribution < -0.4 is 0 Å². The van der Waals surface area contributed by atoms with E-state index in [2.05, 4.69) is 237 Å². The molecule has 11 rings (SSSR count). The van der Waals surface area contributed by atoms with Crippen LogP contribution in [0.5, 0.6) is 0 Å². The maximum absolute atomic E-state index is 6.40. The summed E-state index contributed by atoms with van der Waals surface area (Å²) in [6.45, 7) is 0. The van der Waals surface area contributed by atoms with Crippen LogP contribution in [0.2, 0.25) is 0 Å². The quantitative estimate of drug-likeness (QED) is 0.133. The molecule has 62 heavy (non-hydrogen) atoms. The Kier molecular flexibility index (Phi) is 9.69. The first-order valence-corrected chi connectivity index (χ1v) is 21.3. The highest BCUT2D eigenvalue weighted by atomic mass is 16.3. The lowest BCUT2D eigenvalue weighted by Crippen LogP contribution is -2.04. The summed E-state index contributed by atoms with van der Waals surface area (Å²) in [5.41, 5.74) is 19.8. The van der Waals surface area contributed by atoms with Crippen LogP contribution in [0.3, 0.4) is 0 Å². The molecule has 1 nitrogen and oxygen atoms in total. The van der Waals surface area contributed by atoms with Gasteiger partial charge < -0.3 is 4.42 Å². The third-order valence-electron chi connectivity index (χ3n) is 12.2. The highest BCUT2D eigenvalue weighted by molar-refractivity contribution is 6.09. The van der Waals surface area contributed by atoms with Gasteiger partial charge in [0.2, 0.25) is 0 Å². The van der Waals surface area contributed by atoms with Crippen molar-refractivity contribution in [3.8, 4) is 66.8 Å². The van der Waals surface area contributed by atoms with Crippen LogP contribution in [-0.4, -0.2) is 0 Å². The molecule has 0 bridgehead atoms. The summed E-state index contributed by atoms with van der Waals surface area (Å²) < 4.78 is 6.40. The molecule has 0 radical (unpaired) electrons. The van der Waals surface area contributed by atoms with Crippen LogP contribution in [0.4, 0.5) is 0 Å². The third-order valence-corrected chi connectivity index (χ3v) is 12.2. The van der Waals surface area contributed by atoms with Crippen LogP contribution in [0.1, 0.15) is 22.6 Å². The monoisotopic (exact) mass is 790 g/mol. The predicted octanol–water partition coefficient (Wildman–Crippen LogP) is 16.8. The van der Waals surface area contributed by atoms with Crippen molar-refractivity contribution in [3.05, 3.63) is 265 Å². The zero-order valence-corrected chi connectivity index (χ0v) is 34.2. The van der Waals surface area contributed by atoms with E-state index in [4.69, 9.17) is 4.42 Å². The number of hydrogen-bond donors (Lipinski definition) is 0. The van der Waals surface area contributed by atoms with Gasteiger partial charge in [-0.05, 0) is 96.1 Å². The Morgan fingerprint density at radius 2 is 0.597 bits per heavy atom. The minimum Gasteiger partial charge on any atom is -0.455 e.